The number of carbonyl (C=O) groups is 4. The third-order valence-corrected chi connectivity index (χ3v) is 16.2. The molecule has 270 valence electrons. The van der Waals surface area contributed by atoms with Crippen molar-refractivity contribution < 1.29 is 28.3 Å². The van der Waals surface area contributed by atoms with E-state index in [0.717, 1.165) is 19.3 Å². The quantitative estimate of drug-likeness (QED) is 0.226. The monoisotopic (exact) mass is 696 g/mol. The predicted octanol–water partition coefficient (Wildman–Crippen LogP) is 5.94. The van der Waals surface area contributed by atoms with Gasteiger partial charge in [0.25, 0.3) is 5.91 Å². The molecule has 0 saturated heterocycles. The smallest absolute Gasteiger partial charge is 0.328 e. The highest BCUT2D eigenvalue weighted by molar-refractivity contribution is 8.14. The van der Waals surface area contributed by atoms with Crippen molar-refractivity contribution in [2.75, 3.05) is 12.8 Å². The zero-order valence-corrected chi connectivity index (χ0v) is 33.6. The summed E-state index contributed by atoms with van der Waals surface area (Å²) in [6.07, 6.45) is 2.68. The number of amides is 3. The zero-order chi connectivity index (χ0) is 36.3. The molecule has 2 aliphatic rings. The van der Waals surface area contributed by atoms with Gasteiger partial charge < -0.3 is 24.7 Å². The van der Waals surface area contributed by atoms with Crippen LogP contribution in [0.15, 0.2) is 4.99 Å². The summed E-state index contributed by atoms with van der Waals surface area (Å²) in [5, 5.41) is 6.63. The second kappa shape index (κ2) is 15.7. The van der Waals surface area contributed by atoms with Gasteiger partial charge in [-0.25, -0.2) is 4.79 Å². The molecular weight excluding hydrogens is 633 g/mol. The van der Waals surface area contributed by atoms with Crippen LogP contribution in [-0.2, 0) is 28.3 Å². The third-order valence-electron chi connectivity index (χ3n) is 10.3. The lowest BCUT2D eigenvalue weighted by atomic mass is 9.77. The van der Waals surface area contributed by atoms with Gasteiger partial charge in [0.2, 0.25) is 11.8 Å². The van der Waals surface area contributed by atoms with Crippen molar-refractivity contribution in [1.29, 1.82) is 0 Å². The summed E-state index contributed by atoms with van der Waals surface area (Å²) in [4.78, 5) is 61.2. The average molecular weight is 697 g/mol. The zero-order valence-electron chi connectivity index (χ0n) is 31.8. The van der Waals surface area contributed by atoms with Gasteiger partial charge in [-0.3, -0.25) is 19.4 Å². The van der Waals surface area contributed by atoms with Gasteiger partial charge in [0.1, 0.15) is 23.7 Å². The van der Waals surface area contributed by atoms with Gasteiger partial charge >= 0.3 is 5.97 Å². The minimum Gasteiger partial charge on any atom is -0.459 e. The minimum absolute atomic E-state index is 0.0692. The van der Waals surface area contributed by atoms with Crippen LogP contribution in [0.4, 0.5) is 0 Å². The van der Waals surface area contributed by atoms with Crippen molar-refractivity contribution >= 4 is 48.8 Å². The first-order chi connectivity index (χ1) is 21.4. The summed E-state index contributed by atoms with van der Waals surface area (Å²) >= 11 is 1.44. The Hall–Kier alpha value is -1.92. The Morgan fingerprint density at radius 2 is 1.62 bits per heavy atom. The van der Waals surface area contributed by atoms with Crippen LogP contribution < -0.4 is 10.6 Å². The van der Waals surface area contributed by atoms with E-state index in [-0.39, 0.29) is 34.8 Å². The molecule has 3 amide bonds. The average Bonchev–Trinajstić information content (AvgIpc) is 3.35. The molecule has 0 aliphatic carbocycles. The van der Waals surface area contributed by atoms with Crippen molar-refractivity contribution in [1.82, 2.24) is 15.5 Å². The van der Waals surface area contributed by atoms with E-state index in [2.05, 4.69) is 51.4 Å². The number of ether oxygens (including phenoxy) is 1. The van der Waals surface area contributed by atoms with Gasteiger partial charge in [-0.1, -0.05) is 54.9 Å². The predicted molar refractivity (Wildman–Crippen MR) is 194 cm³/mol. The lowest BCUT2D eigenvalue weighted by molar-refractivity contribution is -0.167. The highest BCUT2D eigenvalue weighted by atomic mass is 32.2. The van der Waals surface area contributed by atoms with E-state index in [4.69, 9.17) is 14.2 Å². The lowest BCUT2D eigenvalue weighted by Crippen LogP contribution is -2.58. The Morgan fingerprint density at radius 1 is 1.02 bits per heavy atom. The number of fused-ring (bicyclic) bond motifs is 1. The van der Waals surface area contributed by atoms with Crippen LogP contribution in [0.5, 0.6) is 0 Å². The van der Waals surface area contributed by atoms with E-state index in [9.17, 15) is 19.2 Å². The maximum absolute atomic E-state index is 14.0. The van der Waals surface area contributed by atoms with Crippen LogP contribution in [0, 0.1) is 17.3 Å². The fourth-order valence-corrected chi connectivity index (χ4v) is 8.81. The van der Waals surface area contributed by atoms with E-state index in [1.807, 2.05) is 27.7 Å². The summed E-state index contributed by atoms with van der Waals surface area (Å²) in [6.45, 7) is 27.9. The van der Waals surface area contributed by atoms with Gasteiger partial charge in [0.05, 0.1) is 16.5 Å². The second-order valence-corrected chi connectivity index (χ2v) is 22.2. The largest absolute Gasteiger partial charge is 0.459 e. The molecule has 2 N–H and O–H groups in total. The first kappa shape index (κ1) is 41.2. The van der Waals surface area contributed by atoms with Crippen molar-refractivity contribution in [3.8, 4) is 0 Å². The molecule has 0 radical (unpaired) electrons. The lowest BCUT2D eigenvalue weighted by Gasteiger charge is -2.41. The Morgan fingerprint density at radius 3 is 2.15 bits per heavy atom. The number of cyclic esters (lactones) is 1. The SMILES string of the molecule is CCC[C@@H](CC[C@@H](C)[C@@H]1OC(=O)[C@H](C)NC(=O)[C@H](C(C)C)N(C)C(=O)[C@]2(C)CSC(=N2)[C@H](C)NC(=O)C1(C)C)O[Si](C)(C)C(C)(C)C. The van der Waals surface area contributed by atoms with E-state index >= 15 is 0 Å². The molecule has 2 bridgehead atoms. The molecule has 7 atom stereocenters. The summed E-state index contributed by atoms with van der Waals surface area (Å²) in [6, 6.07) is -2.27. The molecule has 0 aromatic carbocycles. The number of carbonyl (C=O) groups excluding carboxylic acids is 4. The third kappa shape index (κ3) is 9.83. The van der Waals surface area contributed by atoms with Crippen molar-refractivity contribution in [3.05, 3.63) is 0 Å². The number of likely N-dealkylation sites (N-methyl/N-ethyl adjacent to an activating group) is 1. The van der Waals surface area contributed by atoms with E-state index < -0.39 is 55.4 Å². The molecule has 10 nitrogen and oxygen atoms in total. The maximum Gasteiger partial charge on any atom is 0.328 e. The van der Waals surface area contributed by atoms with Crippen molar-refractivity contribution in [2.45, 2.75) is 163 Å². The fourth-order valence-electron chi connectivity index (χ4n) is 6.20. The molecule has 0 unspecified atom stereocenters. The summed E-state index contributed by atoms with van der Waals surface area (Å²) in [7, 11) is -0.402. The van der Waals surface area contributed by atoms with Gasteiger partial charge in [0, 0.05) is 18.9 Å². The van der Waals surface area contributed by atoms with Gasteiger partial charge in [-0.05, 0) is 83.8 Å². The first-order valence-corrected chi connectivity index (χ1v) is 21.3. The molecule has 47 heavy (non-hydrogen) atoms. The molecule has 12 heteroatoms. The molecule has 0 saturated carbocycles. The van der Waals surface area contributed by atoms with Crippen molar-refractivity contribution in [2.24, 2.45) is 22.2 Å². The van der Waals surface area contributed by atoms with Crippen LogP contribution in [0.3, 0.4) is 0 Å². The summed E-state index contributed by atoms with van der Waals surface area (Å²) < 4.78 is 13.0. The van der Waals surface area contributed by atoms with Crippen molar-refractivity contribution in [3.63, 3.8) is 0 Å². The number of aliphatic imine (C=N–C) groups is 1. The van der Waals surface area contributed by atoms with E-state index in [1.54, 1.807) is 34.7 Å². The molecule has 2 aliphatic heterocycles. The molecule has 0 spiro atoms. The normalized spacial score (nSPS) is 29.6. The topological polar surface area (TPSA) is 126 Å². The van der Waals surface area contributed by atoms with Gasteiger partial charge in [-0.15, -0.1) is 11.8 Å². The number of thioether (sulfide) groups is 1. The number of hydrogen-bond acceptors (Lipinski definition) is 8. The summed E-state index contributed by atoms with van der Waals surface area (Å²) in [5.74, 6) is -1.64. The van der Waals surface area contributed by atoms with E-state index in [0.29, 0.717) is 17.2 Å². The Balaban J connectivity index is 2.49. The molecular formula is C35H64N4O6SSi. The number of nitrogens with zero attached hydrogens (tertiary/aromatic N) is 2. The molecule has 0 aromatic heterocycles. The number of hydrogen-bond donors (Lipinski definition) is 2. The number of nitrogens with one attached hydrogen (secondary N) is 2. The minimum atomic E-state index is -2.01. The van der Waals surface area contributed by atoms with Gasteiger partial charge in [-0.2, -0.15) is 0 Å². The Labute approximate surface area is 289 Å². The molecule has 0 fully saturated rings. The van der Waals surface area contributed by atoms with E-state index in [1.165, 1.54) is 16.7 Å². The highest BCUT2D eigenvalue weighted by Crippen LogP contribution is 2.39. The molecule has 0 aromatic rings. The molecule has 2 heterocycles. The van der Waals surface area contributed by atoms with Crippen LogP contribution in [-0.4, -0.2) is 90.6 Å². The summed E-state index contributed by atoms with van der Waals surface area (Å²) in [5.41, 5.74) is -2.20. The fraction of sp³-hybridized carbons (Fsp3) is 0.857. The van der Waals surface area contributed by atoms with Crippen LogP contribution in [0.25, 0.3) is 0 Å². The van der Waals surface area contributed by atoms with Crippen LogP contribution >= 0.6 is 11.8 Å². The highest BCUT2D eigenvalue weighted by Gasteiger charge is 2.48. The van der Waals surface area contributed by atoms with Gasteiger partial charge in [0.15, 0.2) is 8.32 Å². The molecule has 2 rings (SSSR count). The second-order valence-electron chi connectivity index (χ2n) is 16.5. The standard InChI is InChI=1S/C35H64N4O6SSi/c1-16-17-25(45-47(14,15)33(7,8)9)19-18-22(4)27-34(10,11)31(42)37-23(5)29-38-35(12,20-46-29)32(43)39(13)26(21(2)3)28(40)36-24(6)30(41)44-27/h21-27H,16-20H2,1-15H3,(H,36,40)(H,37,42)/t22-,23+,24+,25+,26+,27+,35+/m1/s1. The van der Waals surface area contributed by atoms with Crippen LogP contribution in [0.1, 0.15) is 109 Å². The van der Waals surface area contributed by atoms with Crippen LogP contribution in [0.2, 0.25) is 18.1 Å². The Kier molecular flexibility index (Phi) is 13.8. The first-order valence-electron chi connectivity index (χ1n) is 17.4. The Bertz CT molecular complexity index is 1190. The maximum atomic E-state index is 14.0. The number of rotatable bonds is 9. The number of esters is 1.